The highest BCUT2D eigenvalue weighted by molar-refractivity contribution is 9.11. The summed E-state index contributed by atoms with van der Waals surface area (Å²) >= 11 is 8.11. The first kappa shape index (κ1) is 57.5. The Kier molecular flexibility index (Phi) is 15.9. The van der Waals surface area contributed by atoms with Gasteiger partial charge in [0.05, 0.1) is 17.1 Å². The van der Waals surface area contributed by atoms with Crippen molar-refractivity contribution in [1.82, 2.24) is 15.0 Å². The molecule has 10 aromatic carbocycles. The van der Waals surface area contributed by atoms with Crippen molar-refractivity contribution in [3.8, 4) is 134 Å². The van der Waals surface area contributed by atoms with E-state index in [4.69, 9.17) is 15.0 Å². The zero-order valence-corrected chi connectivity index (χ0v) is 52.4. The lowest BCUT2D eigenvalue weighted by atomic mass is 9.84. The predicted molar refractivity (Wildman–Crippen MR) is 369 cm³/mol. The van der Waals surface area contributed by atoms with Gasteiger partial charge in [-0.25, -0.2) is 8.78 Å². The van der Waals surface area contributed by atoms with E-state index in [0.717, 1.165) is 154 Å². The molecule has 3 nitrogen and oxygen atoms in total. The molecule has 3 aromatic heterocycles. The minimum atomic E-state index is -0.266. The van der Waals surface area contributed by atoms with E-state index in [0.29, 0.717) is 0 Å². The van der Waals surface area contributed by atoms with Crippen molar-refractivity contribution in [2.24, 2.45) is 0 Å². The van der Waals surface area contributed by atoms with E-state index >= 15 is 0 Å². The first-order valence-electron chi connectivity index (χ1n) is 29.4. The van der Waals surface area contributed by atoms with Gasteiger partial charge in [0.2, 0.25) is 0 Å². The SMILES string of the molecule is Cc1cc(-c2ccc(-c3ccccc3-c3cc(-c4ccccc4-c4ccc(-c5cc(C)c(-c6ccc(F)cc6)cn5)cc4Br)cc(-c4ccccc4-c4ccc(-c5cc(C(C)(C)C)ccn5)cc4-c4ccccc4)c3)c(Br)c2)ncc1-c1ccc(F)cc1. The molecule has 0 radical (unpaired) electrons. The highest BCUT2D eigenvalue weighted by Gasteiger charge is 2.22. The first-order valence-corrected chi connectivity index (χ1v) is 31.0. The van der Waals surface area contributed by atoms with Gasteiger partial charge in [0, 0.05) is 55.4 Å². The van der Waals surface area contributed by atoms with E-state index in [2.05, 4.69) is 267 Å². The highest BCUT2D eigenvalue weighted by atomic mass is 79.9. The average molecular weight is 1270 g/mol. The van der Waals surface area contributed by atoms with Crippen molar-refractivity contribution in [1.29, 1.82) is 0 Å². The Labute approximate surface area is 530 Å². The molecule has 0 amide bonds. The summed E-state index contributed by atoms with van der Waals surface area (Å²) in [4.78, 5) is 14.7. The summed E-state index contributed by atoms with van der Waals surface area (Å²) in [7, 11) is 0. The topological polar surface area (TPSA) is 38.7 Å². The number of rotatable bonds is 12. The Morgan fingerprint density at radius 1 is 0.284 bits per heavy atom. The molecule has 0 saturated heterocycles. The Bertz CT molecular complexity index is 4570. The van der Waals surface area contributed by atoms with Crippen LogP contribution in [0.5, 0.6) is 0 Å². The molecule has 0 spiro atoms. The molecule has 0 aliphatic heterocycles. The van der Waals surface area contributed by atoms with Crippen LogP contribution >= 0.6 is 31.9 Å². The minimum absolute atomic E-state index is 0.0336. The van der Waals surface area contributed by atoms with Gasteiger partial charge in [-0.05, 0) is 210 Å². The fourth-order valence-electron chi connectivity index (χ4n) is 11.9. The van der Waals surface area contributed by atoms with Crippen molar-refractivity contribution in [2.45, 2.75) is 40.0 Å². The summed E-state index contributed by atoms with van der Waals surface area (Å²) in [6.45, 7) is 10.9. The molecule has 0 N–H and O–H groups in total. The van der Waals surface area contributed by atoms with Crippen LogP contribution in [0.2, 0.25) is 0 Å². The quantitative estimate of drug-likeness (QED) is 0.122. The number of hydrogen-bond acceptors (Lipinski definition) is 3. The smallest absolute Gasteiger partial charge is 0.123 e. The van der Waals surface area contributed by atoms with Crippen LogP contribution in [0.15, 0.2) is 276 Å². The maximum absolute atomic E-state index is 13.9. The van der Waals surface area contributed by atoms with Crippen LogP contribution in [0, 0.1) is 25.5 Å². The average Bonchev–Trinajstić information content (AvgIpc) is 2.96. The van der Waals surface area contributed by atoms with Gasteiger partial charge in [-0.1, -0.05) is 216 Å². The number of halogens is 4. The van der Waals surface area contributed by atoms with E-state index in [1.54, 1.807) is 24.3 Å². The second-order valence-corrected chi connectivity index (χ2v) is 25.1. The third-order valence-electron chi connectivity index (χ3n) is 16.6. The zero-order chi connectivity index (χ0) is 60.6. The number of nitrogens with zero attached hydrogens (tertiary/aromatic N) is 3. The first-order chi connectivity index (χ1) is 42.7. The van der Waals surface area contributed by atoms with Gasteiger partial charge in [0.1, 0.15) is 11.6 Å². The van der Waals surface area contributed by atoms with Crippen LogP contribution < -0.4 is 0 Å². The Morgan fingerprint density at radius 3 is 1.06 bits per heavy atom. The van der Waals surface area contributed by atoms with Gasteiger partial charge in [-0.15, -0.1) is 0 Å². The molecule has 0 aliphatic carbocycles. The van der Waals surface area contributed by atoms with Crippen molar-refractivity contribution < 1.29 is 8.78 Å². The number of aryl methyl sites for hydroxylation is 2. The van der Waals surface area contributed by atoms with Crippen molar-refractivity contribution >= 4 is 31.9 Å². The van der Waals surface area contributed by atoms with E-state index in [1.807, 2.05) is 18.6 Å². The molecule has 7 heteroatoms. The summed E-state index contributed by atoms with van der Waals surface area (Å²) in [6, 6.07) is 85.2. The molecule has 88 heavy (non-hydrogen) atoms. The van der Waals surface area contributed by atoms with Crippen LogP contribution in [-0.4, -0.2) is 15.0 Å². The van der Waals surface area contributed by atoms with Crippen LogP contribution in [0.3, 0.4) is 0 Å². The predicted octanol–water partition coefficient (Wildman–Crippen LogP) is 23.6. The van der Waals surface area contributed by atoms with Gasteiger partial charge in [0.25, 0.3) is 0 Å². The number of hydrogen-bond donors (Lipinski definition) is 0. The molecule has 13 aromatic rings. The summed E-state index contributed by atoms with van der Waals surface area (Å²) in [5, 5.41) is 0. The summed E-state index contributed by atoms with van der Waals surface area (Å²) in [5.74, 6) is -0.532. The van der Waals surface area contributed by atoms with Crippen molar-refractivity contribution in [2.75, 3.05) is 0 Å². The number of aromatic nitrogens is 3. The second-order valence-electron chi connectivity index (χ2n) is 23.4. The molecular formula is C81H59Br2F2N3. The molecule has 0 bridgehead atoms. The lowest BCUT2D eigenvalue weighted by molar-refractivity contribution is 0.589. The van der Waals surface area contributed by atoms with E-state index in [9.17, 15) is 8.78 Å². The molecule has 426 valence electrons. The minimum Gasteiger partial charge on any atom is -0.256 e. The molecule has 0 fully saturated rings. The zero-order valence-electron chi connectivity index (χ0n) is 49.3. The second kappa shape index (κ2) is 24.3. The van der Waals surface area contributed by atoms with E-state index < -0.39 is 0 Å². The molecule has 0 atom stereocenters. The van der Waals surface area contributed by atoms with E-state index in [-0.39, 0.29) is 17.0 Å². The van der Waals surface area contributed by atoms with Gasteiger partial charge < -0.3 is 0 Å². The van der Waals surface area contributed by atoms with Gasteiger partial charge in [-0.2, -0.15) is 0 Å². The van der Waals surface area contributed by atoms with Crippen LogP contribution in [0.1, 0.15) is 37.5 Å². The molecule has 0 unspecified atom stereocenters. The molecule has 0 saturated carbocycles. The normalized spacial score (nSPS) is 11.5. The summed E-state index contributed by atoms with van der Waals surface area (Å²) in [5.41, 5.74) is 27.8. The van der Waals surface area contributed by atoms with Crippen molar-refractivity contribution in [3.05, 3.63) is 305 Å². The molecule has 13 rings (SSSR count). The van der Waals surface area contributed by atoms with Crippen LogP contribution in [-0.2, 0) is 5.41 Å². The van der Waals surface area contributed by atoms with Gasteiger partial charge >= 0.3 is 0 Å². The lowest BCUT2D eigenvalue weighted by Gasteiger charge is -2.21. The molecular weight excluding hydrogens is 1210 g/mol. The fourth-order valence-corrected chi connectivity index (χ4v) is 13.1. The van der Waals surface area contributed by atoms with Crippen molar-refractivity contribution in [3.63, 3.8) is 0 Å². The van der Waals surface area contributed by atoms with Crippen LogP contribution in [0.4, 0.5) is 8.78 Å². The number of pyridine rings is 3. The maximum Gasteiger partial charge on any atom is 0.123 e. The number of benzene rings is 10. The monoisotopic (exact) mass is 1270 g/mol. The largest absolute Gasteiger partial charge is 0.256 e. The standard InChI is InChI=1S/C81H59Br2F2N3/c1-50-39-78(87-48-74(50)53-23-30-62(84)31-24-53)56-28-35-71(76(82)45-56)68-21-13-10-18-65(68)59-41-58(64-17-9-12-20-67(64)70-34-27-55(44-73(70)52-15-7-6-8-16-52)80-47-61(37-38-86-80)81(3,4)5)42-60(43-59)66-19-11-14-22-69(66)72-36-29-57(46-77(72)83)79-40-51(2)75(49-88-79)54-25-32-63(85)33-26-54/h6-49H,1-5H3. The van der Waals surface area contributed by atoms with Crippen LogP contribution in [0.25, 0.3) is 134 Å². The lowest BCUT2D eigenvalue weighted by Crippen LogP contribution is -2.11. The fraction of sp³-hybridized carbons (Fsp3) is 0.0741. The Hall–Kier alpha value is -9.53. The molecule has 0 aliphatic rings. The summed E-state index contributed by atoms with van der Waals surface area (Å²) < 4.78 is 29.6. The van der Waals surface area contributed by atoms with Gasteiger partial charge in [-0.3, -0.25) is 15.0 Å². The Balaban J connectivity index is 0.949. The third kappa shape index (κ3) is 11.8. The molecule has 3 heterocycles. The van der Waals surface area contributed by atoms with Gasteiger partial charge in [0.15, 0.2) is 0 Å². The third-order valence-corrected chi connectivity index (χ3v) is 17.9. The highest BCUT2D eigenvalue weighted by Crippen LogP contribution is 2.47. The maximum atomic E-state index is 13.9. The Morgan fingerprint density at radius 2 is 0.636 bits per heavy atom. The van der Waals surface area contributed by atoms with E-state index in [1.165, 1.54) is 29.8 Å². The summed E-state index contributed by atoms with van der Waals surface area (Å²) in [6.07, 6.45) is 5.68.